The van der Waals surface area contributed by atoms with E-state index in [0.29, 0.717) is 6.10 Å². The number of benzene rings is 1. The Morgan fingerprint density at radius 2 is 1.71 bits per heavy atom. The van der Waals surface area contributed by atoms with Gasteiger partial charge < -0.3 is 4.74 Å². The summed E-state index contributed by atoms with van der Waals surface area (Å²) >= 11 is 3.49. The summed E-state index contributed by atoms with van der Waals surface area (Å²) in [5, 5.41) is 0. The maximum Gasteiger partial charge on any atom is 0.0825 e. The predicted molar refractivity (Wildman–Crippen MR) is 93.6 cm³/mol. The highest BCUT2D eigenvalue weighted by Gasteiger charge is 2.22. The fourth-order valence-corrected chi connectivity index (χ4v) is 3.45. The highest BCUT2D eigenvalue weighted by molar-refractivity contribution is 9.10. The molecule has 1 fully saturated rings. The van der Waals surface area contributed by atoms with Crippen LogP contribution in [0.4, 0.5) is 0 Å². The first-order chi connectivity index (χ1) is 10.3. The zero-order valence-corrected chi connectivity index (χ0v) is 14.9. The lowest BCUT2D eigenvalue weighted by molar-refractivity contribution is -0.0199. The third kappa shape index (κ3) is 6.12. The van der Waals surface area contributed by atoms with Crippen molar-refractivity contribution in [1.29, 1.82) is 0 Å². The van der Waals surface area contributed by atoms with Crippen molar-refractivity contribution in [2.75, 3.05) is 6.61 Å². The number of halogens is 1. The molecule has 0 aliphatic carbocycles. The molecule has 1 nitrogen and oxygen atoms in total. The predicted octanol–water partition coefficient (Wildman–Crippen LogP) is 6.67. The molecule has 118 valence electrons. The van der Waals surface area contributed by atoms with Gasteiger partial charge >= 0.3 is 0 Å². The maximum atomic E-state index is 6.10. The van der Waals surface area contributed by atoms with E-state index in [0.717, 1.165) is 17.0 Å². The van der Waals surface area contributed by atoms with Gasteiger partial charge in [0.15, 0.2) is 0 Å². The van der Waals surface area contributed by atoms with Crippen molar-refractivity contribution in [2.45, 2.75) is 70.8 Å². The van der Waals surface area contributed by atoms with Gasteiger partial charge in [0.05, 0.1) is 12.7 Å². The summed E-state index contributed by atoms with van der Waals surface area (Å²) in [6, 6.07) is 8.59. The van der Waals surface area contributed by atoms with Crippen LogP contribution in [0.25, 0.3) is 0 Å². The smallest absolute Gasteiger partial charge is 0.0825 e. The molecule has 1 aliphatic rings. The molecule has 21 heavy (non-hydrogen) atoms. The van der Waals surface area contributed by atoms with E-state index in [1.807, 2.05) is 0 Å². The van der Waals surface area contributed by atoms with Gasteiger partial charge in [0.1, 0.15) is 0 Å². The summed E-state index contributed by atoms with van der Waals surface area (Å²) in [5.41, 5.74) is 1.33. The van der Waals surface area contributed by atoms with Gasteiger partial charge in [0.25, 0.3) is 0 Å². The van der Waals surface area contributed by atoms with Crippen LogP contribution in [0, 0.1) is 5.92 Å². The van der Waals surface area contributed by atoms with Crippen molar-refractivity contribution in [3.05, 3.63) is 34.3 Å². The minimum Gasteiger partial charge on any atom is -0.373 e. The third-order valence-electron chi connectivity index (χ3n) is 4.58. The second kappa shape index (κ2) is 9.63. The molecule has 2 unspecified atom stereocenters. The average molecular weight is 353 g/mol. The van der Waals surface area contributed by atoms with Crippen LogP contribution in [-0.2, 0) is 4.74 Å². The van der Waals surface area contributed by atoms with E-state index in [1.54, 1.807) is 0 Å². The molecular weight excluding hydrogens is 324 g/mol. The van der Waals surface area contributed by atoms with Gasteiger partial charge in [-0.25, -0.2) is 0 Å². The Kier molecular flexibility index (Phi) is 7.81. The van der Waals surface area contributed by atoms with Gasteiger partial charge in [0, 0.05) is 4.47 Å². The molecule has 0 spiro atoms. The normalized spacial score (nSPS) is 22.4. The summed E-state index contributed by atoms with van der Waals surface area (Å²) in [5.74, 6) is 0.794. The monoisotopic (exact) mass is 352 g/mol. The second-order valence-corrected chi connectivity index (χ2v) is 7.29. The Labute approximate surface area is 138 Å². The lowest BCUT2D eigenvalue weighted by Crippen LogP contribution is -2.20. The van der Waals surface area contributed by atoms with Crippen molar-refractivity contribution in [2.24, 2.45) is 5.92 Å². The molecule has 2 atom stereocenters. The Morgan fingerprint density at radius 3 is 2.38 bits per heavy atom. The molecule has 0 amide bonds. The van der Waals surface area contributed by atoms with E-state index < -0.39 is 0 Å². The molecule has 0 N–H and O–H groups in total. The van der Waals surface area contributed by atoms with Gasteiger partial charge in [-0.3, -0.25) is 0 Å². The zero-order chi connectivity index (χ0) is 14.9. The highest BCUT2D eigenvalue weighted by Crippen LogP contribution is 2.33. The van der Waals surface area contributed by atoms with E-state index in [4.69, 9.17) is 4.74 Å². The number of rotatable bonds is 8. The van der Waals surface area contributed by atoms with Crippen LogP contribution in [0.5, 0.6) is 0 Å². The van der Waals surface area contributed by atoms with E-state index in [-0.39, 0.29) is 0 Å². The third-order valence-corrected chi connectivity index (χ3v) is 5.11. The van der Waals surface area contributed by atoms with Crippen molar-refractivity contribution in [3.63, 3.8) is 0 Å². The van der Waals surface area contributed by atoms with Gasteiger partial charge in [-0.1, -0.05) is 73.5 Å². The fraction of sp³-hybridized carbons (Fsp3) is 0.684. The van der Waals surface area contributed by atoms with Gasteiger partial charge in [0.2, 0.25) is 0 Å². The molecule has 2 heteroatoms. The van der Waals surface area contributed by atoms with E-state index in [1.165, 1.54) is 63.4 Å². The summed E-state index contributed by atoms with van der Waals surface area (Å²) in [4.78, 5) is 0. The standard InChI is InChI=1S/C19H29BrO/c1-2-3-4-5-6-7-8-16-9-14-19(21-15-16)17-10-12-18(20)13-11-17/h10-13,16,19H,2-9,14-15H2,1H3. The Balaban J connectivity index is 1.61. The van der Waals surface area contributed by atoms with Crippen LogP contribution in [-0.4, -0.2) is 6.61 Å². The summed E-state index contributed by atoms with van der Waals surface area (Å²) < 4.78 is 7.24. The van der Waals surface area contributed by atoms with Crippen LogP contribution in [0.1, 0.15) is 76.4 Å². The van der Waals surface area contributed by atoms with Gasteiger partial charge in [-0.15, -0.1) is 0 Å². The topological polar surface area (TPSA) is 9.23 Å². The van der Waals surface area contributed by atoms with Crippen molar-refractivity contribution in [1.82, 2.24) is 0 Å². The molecule has 0 saturated carbocycles. The second-order valence-electron chi connectivity index (χ2n) is 6.37. The summed E-state index contributed by atoms with van der Waals surface area (Å²) in [6.07, 6.45) is 12.6. The van der Waals surface area contributed by atoms with Crippen LogP contribution in [0.2, 0.25) is 0 Å². The Morgan fingerprint density at radius 1 is 1.00 bits per heavy atom. The zero-order valence-electron chi connectivity index (χ0n) is 13.3. The molecule has 0 radical (unpaired) electrons. The molecular formula is C19H29BrO. The van der Waals surface area contributed by atoms with Crippen LogP contribution in [0.15, 0.2) is 28.7 Å². The largest absolute Gasteiger partial charge is 0.373 e. The van der Waals surface area contributed by atoms with E-state index in [2.05, 4.69) is 47.1 Å². The lowest BCUT2D eigenvalue weighted by Gasteiger charge is -2.29. The van der Waals surface area contributed by atoms with E-state index in [9.17, 15) is 0 Å². The maximum absolute atomic E-state index is 6.10. The van der Waals surface area contributed by atoms with Gasteiger partial charge in [-0.2, -0.15) is 0 Å². The molecule has 0 aromatic heterocycles. The summed E-state index contributed by atoms with van der Waals surface area (Å²) in [6.45, 7) is 3.23. The molecule has 1 aromatic carbocycles. The first kappa shape index (κ1) is 17.0. The van der Waals surface area contributed by atoms with Crippen LogP contribution >= 0.6 is 15.9 Å². The minimum absolute atomic E-state index is 0.318. The number of hydrogen-bond donors (Lipinski definition) is 0. The SMILES string of the molecule is CCCCCCCCC1CCC(c2ccc(Br)cc2)OC1. The highest BCUT2D eigenvalue weighted by atomic mass is 79.9. The Bertz CT molecular complexity index is 379. The van der Waals surface area contributed by atoms with Crippen molar-refractivity contribution in [3.8, 4) is 0 Å². The first-order valence-electron chi connectivity index (χ1n) is 8.66. The number of ether oxygens (including phenoxy) is 1. The van der Waals surface area contributed by atoms with Crippen molar-refractivity contribution >= 4 is 15.9 Å². The first-order valence-corrected chi connectivity index (χ1v) is 9.46. The molecule has 2 rings (SSSR count). The number of unbranched alkanes of at least 4 members (excludes halogenated alkanes) is 5. The van der Waals surface area contributed by atoms with E-state index >= 15 is 0 Å². The summed E-state index contributed by atoms with van der Waals surface area (Å²) in [7, 11) is 0. The molecule has 1 aromatic rings. The molecule has 1 heterocycles. The molecule has 0 bridgehead atoms. The fourth-order valence-electron chi connectivity index (χ4n) is 3.19. The lowest BCUT2D eigenvalue weighted by atomic mass is 9.91. The quantitative estimate of drug-likeness (QED) is 0.474. The molecule has 1 aliphatic heterocycles. The minimum atomic E-state index is 0.318. The van der Waals surface area contributed by atoms with Crippen LogP contribution < -0.4 is 0 Å². The molecule has 1 saturated heterocycles. The average Bonchev–Trinajstić information content (AvgIpc) is 2.52. The Hall–Kier alpha value is -0.340. The van der Waals surface area contributed by atoms with Crippen molar-refractivity contribution < 1.29 is 4.74 Å². The van der Waals surface area contributed by atoms with Gasteiger partial charge in [-0.05, 0) is 42.9 Å². The van der Waals surface area contributed by atoms with Crippen LogP contribution in [0.3, 0.4) is 0 Å². The number of hydrogen-bond acceptors (Lipinski definition) is 1.